The molecule has 0 radical (unpaired) electrons. The number of rotatable bonds is 3. The molecule has 0 aromatic heterocycles. The second-order valence-corrected chi connectivity index (χ2v) is 7.79. The molecule has 2 heterocycles. The van der Waals surface area contributed by atoms with Gasteiger partial charge in [-0.25, -0.2) is 0 Å². The average Bonchev–Trinajstić information content (AvgIpc) is 2.71. The van der Waals surface area contributed by atoms with E-state index in [4.69, 9.17) is 4.74 Å². The van der Waals surface area contributed by atoms with Crippen LogP contribution in [0.3, 0.4) is 0 Å². The van der Waals surface area contributed by atoms with Crippen molar-refractivity contribution in [3.63, 3.8) is 0 Å². The number of fused-ring (bicyclic) bond motifs is 6. The van der Waals surface area contributed by atoms with Gasteiger partial charge in [-0.3, -0.25) is 4.90 Å². The van der Waals surface area contributed by atoms with E-state index in [1.807, 2.05) is 0 Å². The fourth-order valence-electron chi connectivity index (χ4n) is 5.08. The van der Waals surface area contributed by atoms with Crippen molar-refractivity contribution in [2.24, 2.45) is 0 Å². The van der Waals surface area contributed by atoms with E-state index in [2.05, 4.69) is 84.6 Å². The van der Waals surface area contributed by atoms with Gasteiger partial charge in [0.2, 0.25) is 0 Å². The smallest absolute Gasteiger partial charge is 0.118 e. The Hall–Kier alpha value is -2.58. The van der Waals surface area contributed by atoms with Crippen LogP contribution in [-0.2, 0) is 13.0 Å². The lowest BCUT2D eigenvalue weighted by molar-refractivity contribution is 0.0922. The van der Waals surface area contributed by atoms with Gasteiger partial charge in [-0.15, -0.1) is 0 Å². The van der Waals surface area contributed by atoms with E-state index >= 15 is 0 Å². The Morgan fingerprint density at radius 1 is 0.852 bits per heavy atom. The molecule has 27 heavy (non-hydrogen) atoms. The van der Waals surface area contributed by atoms with Crippen molar-refractivity contribution in [1.82, 2.24) is 4.90 Å². The molecule has 2 nitrogen and oxygen atoms in total. The van der Waals surface area contributed by atoms with E-state index in [0.717, 1.165) is 18.7 Å². The normalized spacial score (nSPS) is 25.4. The SMILES string of the molecule is COc1ccc(C[C@H]2c3ccccc3[C@@H]3c4ccccc4CN2[C@H]3C)cc1. The monoisotopic (exact) mass is 355 g/mol. The van der Waals surface area contributed by atoms with Crippen LogP contribution in [0.1, 0.15) is 46.7 Å². The molecule has 0 saturated heterocycles. The van der Waals surface area contributed by atoms with Gasteiger partial charge in [0.15, 0.2) is 0 Å². The predicted octanol–water partition coefficient (Wildman–Crippen LogP) is 5.33. The number of hydrogen-bond acceptors (Lipinski definition) is 2. The number of ether oxygens (including phenoxy) is 1. The zero-order chi connectivity index (χ0) is 18.4. The van der Waals surface area contributed by atoms with Crippen LogP contribution >= 0.6 is 0 Å². The van der Waals surface area contributed by atoms with Crippen molar-refractivity contribution in [2.45, 2.75) is 37.9 Å². The van der Waals surface area contributed by atoms with Gasteiger partial charge in [-0.1, -0.05) is 60.7 Å². The third-order valence-electron chi connectivity index (χ3n) is 6.43. The zero-order valence-corrected chi connectivity index (χ0v) is 15.9. The highest BCUT2D eigenvalue weighted by atomic mass is 16.5. The van der Waals surface area contributed by atoms with Crippen molar-refractivity contribution < 1.29 is 4.74 Å². The molecular weight excluding hydrogens is 330 g/mol. The first-order valence-electron chi connectivity index (χ1n) is 9.81. The Kier molecular flexibility index (Phi) is 4.02. The summed E-state index contributed by atoms with van der Waals surface area (Å²) in [5.74, 6) is 1.39. The van der Waals surface area contributed by atoms with Gasteiger partial charge in [0.05, 0.1) is 7.11 Å². The summed E-state index contributed by atoms with van der Waals surface area (Å²) in [5, 5.41) is 0. The Morgan fingerprint density at radius 2 is 1.52 bits per heavy atom. The van der Waals surface area contributed by atoms with Gasteiger partial charge in [-0.05, 0) is 53.3 Å². The predicted molar refractivity (Wildman–Crippen MR) is 109 cm³/mol. The largest absolute Gasteiger partial charge is 0.497 e. The van der Waals surface area contributed by atoms with Crippen molar-refractivity contribution in [3.05, 3.63) is 101 Å². The van der Waals surface area contributed by atoms with Gasteiger partial charge in [0.1, 0.15) is 5.75 Å². The maximum Gasteiger partial charge on any atom is 0.118 e. The van der Waals surface area contributed by atoms with E-state index in [0.29, 0.717) is 18.0 Å². The minimum absolute atomic E-state index is 0.411. The van der Waals surface area contributed by atoms with Crippen LogP contribution in [0.25, 0.3) is 0 Å². The molecule has 0 aliphatic carbocycles. The molecule has 0 fully saturated rings. The first-order valence-corrected chi connectivity index (χ1v) is 9.81. The minimum Gasteiger partial charge on any atom is -0.497 e. The lowest BCUT2D eigenvalue weighted by atomic mass is 9.71. The van der Waals surface area contributed by atoms with E-state index in [1.54, 1.807) is 7.11 Å². The second kappa shape index (κ2) is 6.54. The molecule has 0 amide bonds. The summed E-state index contributed by atoms with van der Waals surface area (Å²) in [5.41, 5.74) is 7.35. The average molecular weight is 355 g/mol. The zero-order valence-electron chi connectivity index (χ0n) is 15.9. The van der Waals surface area contributed by atoms with Gasteiger partial charge in [0.25, 0.3) is 0 Å². The molecule has 0 spiro atoms. The highest BCUT2D eigenvalue weighted by Gasteiger charge is 2.42. The topological polar surface area (TPSA) is 12.5 Å². The van der Waals surface area contributed by atoms with Gasteiger partial charge in [0, 0.05) is 24.5 Å². The lowest BCUT2D eigenvalue weighted by Crippen LogP contribution is -2.48. The fraction of sp³-hybridized carbons (Fsp3) is 0.280. The molecular formula is C25H25NO. The summed E-state index contributed by atoms with van der Waals surface area (Å²) in [6, 6.07) is 27.5. The van der Waals surface area contributed by atoms with Crippen LogP contribution in [-0.4, -0.2) is 18.1 Å². The van der Waals surface area contributed by atoms with Crippen molar-refractivity contribution in [3.8, 4) is 5.75 Å². The Balaban J connectivity index is 1.59. The highest BCUT2D eigenvalue weighted by Crippen LogP contribution is 2.49. The Labute approximate surface area is 161 Å². The van der Waals surface area contributed by atoms with Gasteiger partial charge >= 0.3 is 0 Å². The van der Waals surface area contributed by atoms with Gasteiger partial charge in [-0.2, -0.15) is 0 Å². The van der Waals surface area contributed by atoms with Crippen molar-refractivity contribution in [2.75, 3.05) is 7.11 Å². The van der Waals surface area contributed by atoms with Crippen LogP contribution in [0.2, 0.25) is 0 Å². The summed E-state index contributed by atoms with van der Waals surface area (Å²) < 4.78 is 5.33. The Bertz CT molecular complexity index is 962. The van der Waals surface area contributed by atoms with E-state index in [1.165, 1.54) is 27.8 Å². The quantitative estimate of drug-likeness (QED) is 0.630. The number of benzene rings is 3. The van der Waals surface area contributed by atoms with E-state index in [9.17, 15) is 0 Å². The first kappa shape index (κ1) is 16.6. The van der Waals surface area contributed by atoms with E-state index < -0.39 is 0 Å². The molecule has 4 atom stereocenters. The molecule has 0 saturated carbocycles. The second-order valence-electron chi connectivity index (χ2n) is 7.79. The van der Waals surface area contributed by atoms with E-state index in [-0.39, 0.29) is 0 Å². The molecule has 5 rings (SSSR count). The summed E-state index contributed by atoms with van der Waals surface area (Å²) >= 11 is 0. The summed E-state index contributed by atoms with van der Waals surface area (Å²) in [6.45, 7) is 3.43. The number of methoxy groups -OCH3 is 1. The molecule has 0 N–H and O–H groups in total. The van der Waals surface area contributed by atoms with Crippen LogP contribution in [0.15, 0.2) is 72.8 Å². The van der Waals surface area contributed by atoms with Crippen molar-refractivity contribution >= 4 is 0 Å². The first-order chi connectivity index (χ1) is 13.3. The maximum absolute atomic E-state index is 5.33. The van der Waals surface area contributed by atoms with Crippen LogP contribution < -0.4 is 4.74 Å². The Morgan fingerprint density at radius 3 is 2.26 bits per heavy atom. The lowest BCUT2D eigenvalue weighted by Gasteiger charge is -2.50. The number of hydrogen-bond donors (Lipinski definition) is 0. The van der Waals surface area contributed by atoms with Crippen LogP contribution in [0, 0.1) is 0 Å². The van der Waals surface area contributed by atoms with Crippen molar-refractivity contribution in [1.29, 1.82) is 0 Å². The molecule has 1 unspecified atom stereocenters. The molecule has 2 aliphatic heterocycles. The fourth-order valence-corrected chi connectivity index (χ4v) is 5.08. The molecule has 3 aromatic rings. The van der Waals surface area contributed by atoms with Crippen LogP contribution in [0.5, 0.6) is 5.75 Å². The maximum atomic E-state index is 5.33. The third kappa shape index (κ3) is 2.67. The molecule has 2 aliphatic rings. The standard InChI is InChI=1S/C25H25NO/c1-17-25-21-8-4-3-7-19(21)16-26(17)24(22-9-5-6-10-23(22)25)15-18-11-13-20(27-2)14-12-18/h3-14,17,24-25H,15-16H2,1-2H3/t17-,24-,25-/m0/s1. The molecule has 3 aromatic carbocycles. The summed E-state index contributed by atoms with van der Waals surface area (Å²) in [6.07, 6.45) is 1.03. The highest BCUT2D eigenvalue weighted by molar-refractivity contribution is 5.49. The van der Waals surface area contributed by atoms with Crippen LogP contribution in [0.4, 0.5) is 0 Å². The molecule has 136 valence electrons. The summed E-state index contributed by atoms with van der Waals surface area (Å²) in [7, 11) is 1.72. The molecule has 2 bridgehead atoms. The summed E-state index contributed by atoms with van der Waals surface area (Å²) in [4.78, 5) is 2.71. The number of nitrogens with zero attached hydrogens (tertiary/aromatic N) is 1. The molecule has 2 heteroatoms. The third-order valence-corrected chi connectivity index (χ3v) is 6.43. The van der Waals surface area contributed by atoms with Gasteiger partial charge < -0.3 is 4.74 Å². The minimum atomic E-state index is 0.411.